The average Bonchev–Trinajstić information content (AvgIpc) is 3.44. The van der Waals surface area contributed by atoms with Crippen molar-refractivity contribution in [1.29, 1.82) is 0 Å². The van der Waals surface area contributed by atoms with Gasteiger partial charge >= 0.3 is 0 Å². The fourth-order valence-corrected chi connectivity index (χ4v) is 5.13. The molecule has 5 nitrogen and oxygen atoms in total. The second-order valence-corrected chi connectivity index (χ2v) is 9.16. The Bertz CT molecular complexity index is 874. The molecule has 5 heteroatoms. The zero-order chi connectivity index (χ0) is 19.3. The summed E-state index contributed by atoms with van der Waals surface area (Å²) in [7, 11) is 0. The molecular weight excluding hydrogens is 348 g/mol. The van der Waals surface area contributed by atoms with E-state index >= 15 is 0 Å². The molecule has 5 rings (SSSR count). The minimum absolute atomic E-state index is 0.104. The van der Waals surface area contributed by atoms with Crippen molar-refractivity contribution >= 4 is 5.91 Å². The lowest BCUT2D eigenvalue weighted by Gasteiger charge is -2.48. The zero-order valence-corrected chi connectivity index (χ0v) is 17.0. The van der Waals surface area contributed by atoms with Gasteiger partial charge in [0.2, 0.25) is 5.91 Å². The number of carbonyl (C=O) groups is 1. The van der Waals surface area contributed by atoms with Gasteiger partial charge in [-0.25, -0.2) is 4.98 Å². The van der Waals surface area contributed by atoms with Crippen LogP contribution in [0.1, 0.15) is 50.9 Å². The third kappa shape index (κ3) is 2.87. The maximum atomic E-state index is 12.6. The number of aromatic nitrogens is 2. The maximum absolute atomic E-state index is 12.6. The van der Waals surface area contributed by atoms with Gasteiger partial charge in [0.05, 0.1) is 11.2 Å². The van der Waals surface area contributed by atoms with Crippen LogP contribution in [-0.2, 0) is 16.9 Å². The summed E-state index contributed by atoms with van der Waals surface area (Å²) in [6.45, 7) is 8.25. The van der Waals surface area contributed by atoms with Crippen LogP contribution in [0.15, 0.2) is 36.7 Å². The normalized spacial score (nSPS) is 21.5. The molecule has 28 heavy (non-hydrogen) atoms. The predicted octanol–water partition coefficient (Wildman–Crippen LogP) is 3.57. The number of carbonyl (C=O) groups excluding carboxylic acids is 1. The standard InChI is InChI=1S/C23H30N4O/c1-17(2)15-26-16-19-5-3-4-6-20(19)27-14-11-24-22(27)23(26)9-12-25(13-10-23)21(28)18-7-8-18/h3-6,11,14,17-18H,7-10,12-13,15-16H2,1-2H3. The first-order valence-electron chi connectivity index (χ1n) is 10.7. The summed E-state index contributed by atoms with van der Waals surface area (Å²) < 4.78 is 2.30. The van der Waals surface area contributed by atoms with Crippen molar-refractivity contribution in [3.8, 4) is 5.69 Å². The topological polar surface area (TPSA) is 41.4 Å². The SMILES string of the molecule is CC(C)CN1Cc2ccccc2-n2ccnc2C12CCN(C(=O)C1CC1)CC2. The highest BCUT2D eigenvalue weighted by Crippen LogP contribution is 2.44. The molecule has 0 N–H and O–H groups in total. The smallest absolute Gasteiger partial charge is 0.225 e. The van der Waals surface area contributed by atoms with Gasteiger partial charge in [0.25, 0.3) is 0 Å². The Morgan fingerprint density at radius 3 is 2.68 bits per heavy atom. The Kier molecular flexibility index (Phi) is 4.31. The van der Waals surface area contributed by atoms with E-state index in [0.717, 1.165) is 57.7 Å². The van der Waals surface area contributed by atoms with Crippen LogP contribution in [0.5, 0.6) is 0 Å². The van der Waals surface area contributed by atoms with E-state index in [4.69, 9.17) is 4.98 Å². The molecular formula is C23H30N4O. The van der Waals surface area contributed by atoms with E-state index in [1.807, 2.05) is 6.20 Å². The molecule has 2 aliphatic heterocycles. The first-order chi connectivity index (χ1) is 13.6. The van der Waals surface area contributed by atoms with Gasteiger partial charge in [-0.3, -0.25) is 9.69 Å². The highest BCUT2D eigenvalue weighted by Gasteiger charge is 2.48. The zero-order valence-electron chi connectivity index (χ0n) is 17.0. The van der Waals surface area contributed by atoms with Crippen LogP contribution < -0.4 is 0 Å². The van der Waals surface area contributed by atoms with Crippen LogP contribution in [0.2, 0.25) is 0 Å². The van der Waals surface area contributed by atoms with Crippen LogP contribution in [-0.4, -0.2) is 44.9 Å². The lowest BCUT2D eigenvalue weighted by Crippen LogP contribution is -2.55. The Balaban J connectivity index is 1.54. The second-order valence-electron chi connectivity index (χ2n) is 9.16. The van der Waals surface area contributed by atoms with Crippen molar-refractivity contribution in [1.82, 2.24) is 19.4 Å². The van der Waals surface area contributed by atoms with E-state index in [2.05, 4.69) is 58.7 Å². The number of rotatable bonds is 3. The summed E-state index contributed by atoms with van der Waals surface area (Å²) in [6, 6.07) is 8.71. The van der Waals surface area contributed by atoms with E-state index in [9.17, 15) is 4.79 Å². The van der Waals surface area contributed by atoms with Crippen molar-refractivity contribution in [3.05, 3.63) is 48.0 Å². The fraction of sp³-hybridized carbons (Fsp3) is 0.565. The van der Waals surface area contributed by atoms with Gasteiger partial charge in [-0.1, -0.05) is 32.0 Å². The third-order valence-corrected chi connectivity index (χ3v) is 6.69. The molecule has 3 heterocycles. The third-order valence-electron chi connectivity index (χ3n) is 6.69. The van der Waals surface area contributed by atoms with Crippen molar-refractivity contribution in [2.45, 2.75) is 51.6 Å². The predicted molar refractivity (Wildman–Crippen MR) is 109 cm³/mol. The van der Waals surface area contributed by atoms with Crippen molar-refractivity contribution in [3.63, 3.8) is 0 Å². The number of para-hydroxylation sites is 1. The number of imidazole rings is 1. The number of hydrogen-bond acceptors (Lipinski definition) is 3. The average molecular weight is 379 g/mol. The first-order valence-corrected chi connectivity index (χ1v) is 10.7. The number of fused-ring (bicyclic) bond motifs is 4. The first kappa shape index (κ1) is 17.9. The van der Waals surface area contributed by atoms with Crippen molar-refractivity contribution in [2.24, 2.45) is 11.8 Å². The molecule has 1 saturated heterocycles. The highest BCUT2D eigenvalue weighted by atomic mass is 16.2. The molecule has 0 unspecified atom stereocenters. The maximum Gasteiger partial charge on any atom is 0.225 e. The molecule has 148 valence electrons. The molecule has 1 aromatic heterocycles. The minimum atomic E-state index is -0.104. The van der Waals surface area contributed by atoms with Gasteiger partial charge in [-0.2, -0.15) is 0 Å². The molecule has 3 aliphatic rings. The molecule has 0 bridgehead atoms. The minimum Gasteiger partial charge on any atom is -0.342 e. The molecule has 0 radical (unpaired) electrons. The summed E-state index contributed by atoms with van der Waals surface area (Å²) in [5, 5.41) is 0. The molecule has 2 fully saturated rings. The summed E-state index contributed by atoms with van der Waals surface area (Å²) in [5.74, 6) is 2.42. The number of amides is 1. The van der Waals surface area contributed by atoms with Crippen LogP contribution in [0.25, 0.3) is 5.69 Å². The van der Waals surface area contributed by atoms with Gasteiger partial charge in [-0.05, 0) is 43.2 Å². The Hall–Kier alpha value is -2.14. The molecule has 1 aliphatic carbocycles. The highest BCUT2D eigenvalue weighted by molar-refractivity contribution is 5.81. The van der Waals surface area contributed by atoms with Gasteiger partial charge < -0.3 is 9.47 Å². The summed E-state index contributed by atoms with van der Waals surface area (Å²) >= 11 is 0. The van der Waals surface area contributed by atoms with Crippen molar-refractivity contribution < 1.29 is 4.79 Å². The molecule has 0 atom stereocenters. The molecule has 1 spiro atoms. The number of piperidine rings is 1. The van der Waals surface area contributed by atoms with Gasteiger partial charge in [0, 0.05) is 44.5 Å². The molecule has 2 aromatic rings. The van der Waals surface area contributed by atoms with E-state index in [1.54, 1.807) is 0 Å². The largest absolute Gasteiger partial charge is 0.342 e. The van der Waals surface area contributed by atoms with Crippen LogP contribution >= 0.6 is 0 Å². The Morgan fingerprint density at radius 1 is 1.21 bits per heavy atom. The van der Waals surface area contributed by atoms with Gasteiger partial charge in [-0.15, -0.1) is 0 Å². The van der Waals surface area contributed by atoms with Gasteiger partial charge in [0.1, 0.15) is 5.82 Å². The van der Waals surface area contributed by atoms with E-state index < -0.39 is 0 Å². The summed E-state index contributed by atoms with van der Waals surface area (Å²) in [4.78, 5) is 22.3. The monoisotopic (exact) mass is 378 g/mol. The molecule has 1 amide bonds. The van der Waals surface area contributed by atoms with E-state index in [-0.39, 0.29) is 5.54 Å². The van der Waals surface area contributed by atoms with Crippen LogP contribution in [0.3, 0.4) is 0 Å². The molecule has 1 saturated carbocycles. The lowest BCUT2D eigenvalue weighted by molar-refractivity contribution is -0.136. The Morgan fingerprint density at radius 2 is 1.96 bits per heavy atom. The summed E-state index contributed by atoms with van der Waals surface area (Å²) in [6.07, 6.45) is 8.14. The number of benzene rings is 1. The van der Waals surface area contributed by atoms with Crippen LogP contribution in [0, 0.1) is 11.8 Å². The number of hydrogen-bond donors (Lipinski definition) is 0. The van der Waals surface area contributed by atoms with Crippen molar-refractivity contribution in [2.75, 3.05) is 19.6 Å². The Labute approximate surface area is 167 Å². The van der Waals surface area contributed by atoms with E-state index in [1.165, 1.54) is 11.3 Å². The number of nitrogens with zero attached hydrogens (tertiary/aromatic N) is 4. The quantitative estimate of drug-likeness (QED) is 0.820. The number of likely N-dealkylation sites (tertiary alicyclic amines) is 1. The van der Waals surface area contributed by atoms with Crippen LogP contribution in [0.4, 0.5) is 0 Å². The van der Waals surface area contributed by atoms with E-state index in [0.29, 0.717) is 17.7 Å². The van der Waals surface area contributed by atoms with Gasteiger partial charge in [0.15, 0.2) is 0 Å². The lowest BCUT2D eigenvalue weighted by atomic mass is 9.83. The fourth-order valence-electron chi connectivity index (χ4n) is 5.13. The summed E-state index contributed by atoms with van der Waals surface area (Å²) in [5.41, 5.74) is 2.50. The molecule has 1 aromatic carbocycles. The second kappa shape index (κ2) is 6.73.